The number of hydrogen-bond acceptors (Lipinski definition) is 9. The van der Waals surface area contributed by atoms with Crippen LogP contribution >= 0.6 is 0 Å². The number of aromatic nitrogens is 4. The molecule has 34 heavy (non-hydrogen) atoms. The van der Waals surface area contributed by atoms with Gasteiger partial charge in [0.05, 0.1) is 6.33 Å². The Hall–Kier alpha value is -3.97. The largest absolute Gasteiger partial charge is 0.455 e. The van der Waals surface area contributed by atoms with Gasteiger partial charge in [-0.2, -0.15) is 0 Å². The van der Waals surface area contributed by atoms with Gasteiger partial charge in [-0.15, -0.1) is 6.42 Å². The molecule has 0 saturated carbocycles. The predicted molar refractivity (Wildman–Crippen MR) is 120 cm³/mol. The maximum Gasteiger partial charge on any atom is 0.303 e. The Balaban J connectivity index is 1.45. The van der Waals surface area contributed by atoms with Crippen LogP contribution in [0, 0.1) is 12.3 Å². The quantitative estimate of drug-likeness (QED) is 0.448. The Morgan fingerprint density at radius 2 is 1.76 bits per heavy atom. The lowest BCUT2D eigenvalue weighted by atomic mass is 10.1. The predicted octanol–water partition coefficient (Wildman–Crippen LogP) is 1.80. The summed E-state index contributed by atoms with van der Waals surface area (Å²) in [6.07, 6.45) is 6.59. The zero-order valence-electron chi connectivity index (χ0n) is 18.7. The van der Waals surface area contributed by atoms with Crippen molar-refractivity contribution in [3.8, 4) is 12.3 Å². The third-order valence-electron chi connectivity index (χ3n) is 5.98. The summed E-state index contributed by atoms with van der Waals surface area (Å²) in [6.45, 7) is 2.52. The molecule has 0 bridgehead atoms. The Morgan fingerprint density at radius 1 is 1.09 bits per heavy atom. The number of benzene rings is 1. The van der Waals surface area contributed by atoms with Gasteiger partial charge in [0.1, 0.15) is 6.33 Å². The molecule has 3 heterocycles. The molecule has 1 aliphatic heterocycles. The average Bonchev–Trinajstić information content (AvgIpc) is 3.49. The first-order valence-electron chi connectivity index (χ1n) is 10.9. The van der Waals surface area contributed by atoms with Crippen molar-refractivity contribution in [3.63, 3.8) is 0 Å². The molecular weight excluding hydrogens is 438 g/mol. The molecule has 4 atom stereocenters. The van der Waals surface area contributed by atoms with E-state index in [1.807, 2.05) is 12.1 Å². The van der Waals surface area contributed by atoms with Gasteiger partial charge < -0.3 is 19.5 Å². The highest BCUT2D eigenvalue weighted by Gasteiger charge is 2.50. The van der Waals surface area contributed by atoms with Crippen molar-refractivity contribution in [2.75, 3.05) is 5.32 Å². The summed E-state index contributed by atoms with van der Waals surface area (Å²) < 4.78 is 18.4. The number of carbonyl (C=O) groups is 2. The van der Waals surface area contributed by atoms with Crippen molar-refractivity contribution in [2.24, 2.45) is 0 Å². The van der Waals surface area contributed by atoms with Crippen molar-refractivity contribution < 1.29 is 23.8 Å². The second-order valence-electron chi connectivity index (χ2n) is 8.33. The number of esters is 2. The monoisotopic (exact) mass is 461 g/mol. The van der Waals surface area contributed by atoms with E-state index < -0.39 is 36.5 Å². The van der Waals surface area contributed by atoms with E-state index in [1.165, 1.54) is 37.6 Å². The molecule has 1 fully saturated rings. The van der Waals surface area contributed by atoms with Crippen LogP contribution in [-0.2, 0) is 36.6 Å². The fourth-order valence-electron chi connectivity index (χ4n) is 4.63. The van der Waals surface area contributed by atoms with Gasteiger partial charge in [-0.1, -0.05) is 30.2 Å². The lowest BCUT2D eigenvalue weighted by Gasteiger charge is -2.23. The highest BCUT2D eigenvalue weighted by molar-refractivity contribution is 5.83. The van der Waals surface area contributed by atoms with Crippen LogP contribution in [0.15, 0.2) is 36.9 Å². The lowest BCUT2D eigenvalue weighted by molar-refractivity contribution is -0.165. The molecule has 10 heteroatoms. The van der Waals surface area contributed by atoms with Gasteiger partial charge >= 0.3 is 11.9 Å². The number of ether oxygens (including phenoxy) is 3. The maximum absolute atomic E-state index is 11.8. The number of nitrogens with one attached hydrogen (secondary N) is 1. The molecule has 5 rings (SSSR count). The first kappa shape index (κ1) is 21.9. The molecular formula is C24H23N5O5. The van der Waals surface area contributed by atoms with Crippen LogP contribution in [0.2, 0.25) is 0 Å². The van der Waals surface area contributed by atoms with Gasteiger partial charge in [-0.05, 0) is 24.0 Å². The third-order valence-corrected chi connectivity index (χ3v) is 5.98. The van der Waals surface area contributed by atoms with E-state index in [9.17, 15) is 9.59 Å². The number of anilines is 1. The first-order chi connectivity index (χ1) is 16.4. The van der Waals surface area contributed by atoms with E-state index in [1.54, 1.807) is 4.57 Å². The number of rotatable bonds is 5. The van der Waals surface area contributed by atoms with Gasteiger partial charge in [0.15, 0.2) is 41.5 Å². The fourth-order valence-corrected chi connectivity index (χ4v) is 4.63. The normalized spacial score (nSPS) is 23.9. The number of nitrogens with zero attached hydrogens (tertiary/aromatic N) is 4. The molecule has 1 N–H and O–H groups in total. The van der Waals surface area contributed by atoms with Crippen LogP contribution in [0.4, 0.5) is 5.82 Å². The molecule has 0 amide bonds. The highest BCUT2D eigenvalue weighted by atomic mass is 16.6. The molecule has 1 aromatic carbocycles. The fraction of sp³-hybridized carbons (Fsp3) is 0.375. The van der Waals surface area contributed by atoms with Gasteiger partial charge in [0.25, 0.3) is 0 Å². The second-order valence-corrected chi connectivity index (χ2v) is 8.33. The number of hydrogen-bond donors (Lipinski definition) is 1. The molecule has 3 aromatic rings. The average molecular weight is 461 g/mol. The van der Waals surface area contributed by atoms with Crippen LogP contribution in [0.1, 0.15) is 31.2 Å². The zero-order valence-corrected chi connectivity index (χ0v) is 18.7. The minimum absolute atomic E-state index is 0.177. The van der Waals surface area contributed by atoms with E-state index in [0.29, 0.717) is 17.0 Å². The molecule has 1 saturated heterocycles. The van der Waals surface area contributed by atoms with Crippen molar-refractivity contribution in [3.05, 3.63) is 48.0 Å². The molecule has 4 unspecified atom stereocenters. The molecule has 0 radical (unpaired) electrons. The Labute approximate surface area is 195 Å². The summed E-state index contributed by atoms with van der Waals surface area (Å²) >= 11 is 0. The first-order valence-corrected chi connectivity index (χ1v) is 10.9. The highest BCUT2D eigenvalue weighted by Crippen LogP contribution is 2.36. The van der Waals surface area contributed by atoms with E-state index in [2.05, 4.69) is 38.3 Å². The van der Waals surface area contributed by atoms with Crippen LogP contribution in [0.5, 0.6) is 0 Å². The molecule has 1 aliphatic carbocycles. The van der Waals surface area contributed by atoms with Gasteiger partial charge in [-0.3, -0.25) is 14.2 Å². The van der Waals surface area contributed by atoms with Gasteiger partial charge in [0, 0.05) is 19.9 Å². The number of terminal acetylenes is 1. The Kier molecular flexibility index (Phi) is 5.63. The smallest absolute Gasteiger partial charge is 0.303 e. The molecule has 2 aliphatic rings. The maximum atomic E-state index is 11.8. The summed E-state index contributed by atoms with van der Waals surface area (Å²) in [7, 11) is 0. The second kappa shape index (κ2) is 8.76. The molecule has 2 aromatic heterocycles. The summed E-state index contributed by atoms with van der Waals surface area (Å²) in [5.41, 5.74) is 3.64. The summed E-state index contributed by atoms with van der Waals surface area (Å²) in [4.78, 5) is 36.8. The summed E-state index contributed by atoms with van der Waals surface area (Å²) in [5.74, 6) is 1.93. The van der Waals surface area contributed by atoms with Crippen molar-refractivity contribution >= 4 is 28.9 Å². The van der Waals surface area contributed by atoms with Crippen molar-refractivity contribution in [1.82, 2.24) is 19.5 Å². The van der Waals surface area contributed by atoms with Crippen LogP contribution < -0.4 is 5.32 Å². The number of imidazole rings is 1. The summed E-state index contributed by atoms with van der Waals surface area (Å²) in [5, 5.41) is 3.48. The standard InChI is InChI=1S/C24H23N5O5/c1-4-18-20(32-13(2)30)21(33-14(3)31)24(34-18)29-12-27-19-22(25-11-26-23(19)29)28-17-9-15-7-5-6-8-16(15)10-17/h1,5-8,11-12,17-18,20-21,24H,9-10H2,2-3H3,(H,25,26,28). The van der Waals surface area contributed by atoms with Crippen molar-refractivity contribution in [1.29, 1.82) is 0 Å². The van der Waals surface area contributed by atoms with E-state index in [0.717, 1.165) is 12.8 Å². The number of carbonyl (C=O) groups excluding carboxylic acids is 2. The van der Waals surface area contributed by atoms with Gasteiger partial charge in [-0.25, -0.2) is 15.0 Å². The zero-order chi connectivity index (χ0) is 23.8. The van der Waals surface area contributed by atoms with Crippen LogP contribution in [0.3, 0.4) is 0 Å². The Morgan fingerprint density at radius 3 is 2.41 bits per heavy atom. The number of fused-ring (bicyclic) bond motifs is 2. The Bertz CT molecular complexity index is 1270. The van der Waals surface area contributed by atoms with E-state index >= 15 is 0 Å². The van der Waals surface area contributed by atoms with Gasteiger partial charge in [0.2, 0.25) is 0 Å². The van der Waals surface area contributed by atoms with E-state index in [-0.39, 0.29) is 6.04 Å². The van der Waals surface area contributed by atoms with E-state index in [4.69, 9.17) is 20.6 Å². The minimum Gasteiger partial charge on any atom is -0.455 e. The van der Waals surface area contributed by atoms with Crippen LogP contribution in [-0.4, -0.2) is 55.8 Å². The SMILES string of the molecule is C#CC1OC(n2cnc3c(NC4Cc5ccccc5C4)ncnc32)C(OC(C)=O)C1OC(C)=O. The molecule has 0 spiro atoms. The lowest BCUT2D eigenvalue weighted by Crippen LogP contribution is -2.38. The topological polar surface area (TPSA) is 117 Å². The minimum atomic E-state index is -0.976. The molecule has 10 nitrogen and oxygen atoms in total. The third kappa shape index (κ3) is 3.95. The molecule has 174 valence electrons. The van der Waals surface area contributed by atoms with Crippen LogP contribution in [0.25, 0.3) is 11.2 Å². The summed E-state index contributed by atoms with van der Waals surface area (Å²) in [6, 6.07) is 8.53. The van der Waals surface area contributed by atoms with Crippen molar-refractivity contribution in [2.45, 2.75) is 57.3 Å².